The Morgan fingerprint density at radius 1 is 1.29 bits per heavy atom. The summed E-state index contributed by atoms with van der Waals surface area (Å²) in [5.41, 5.74) is 0.0247. The number of hydrogen-bond donors (Lipinski definition) is 1. The van der Waals surface area contributed by atoms with Crippen molar-refractivity contribution in [3.63, 3.8) is 0 Å². The van der Waals surface area contributed by atoms with Crippen molar-refractivity contribution < 1.29 is 13.5 Å². The first-order chi connectivity index (χ1) is 8.16. The molecule has 0 aliphatic rings. The van der Waals surface area contributed by atoms with Crippen molar-refractivity contribution in [3.8, 4) is 0 Å². The lowest BCUT2D eigenvalue weighted by Gasteiger charge is -2.08. The molecular formula is C11H13BrClF2NO. The highest BCUT2D eigenvalue weighted by Gasteiger charge is 2.11. The van der Waals surface area contributed by atoms with E-state index in [9.17, 15) is 8.78 Å². The molecule has 0 saturated carbocycles. The van der Waals surface area contributed by atoms with Crippen LogP contribution in [-0.2, 0) is 11.3 Å². The number of nitrogens with one attached hydrogen (secondary N) is 1. The van der Waals surface area contributed by atoms with Gasteiger partial charge in [0.2, 0.25) is 0 Å². The zero-order valence-electron chi connectivity index (χ0n) is 9.11. The number of alkyl halides is 1. The van der Waals surface area contributed by atoms with E-state index < -0.39 is 11.6 Å². The van der Waals surface area contributed by atoms with Gasteiger partial charge in [-0.2, -0.15) is 0 Å². The first kappa shape index (κ1) is 14.8. The highest BCUT2D eigenvalue weighted by molar-refractivity contribution is 9.10. The molecule has 1 aromatic carbocycles. The molecule has 1 aromatic rings. The van der Waals surface area contributed by atoms with E-state index in [1.54, 1.807) is 0 Å². The maximum absolute atomic E-state index is 13.5. The second kappa shape index (κ2) is 7.97. The van der Waals surface area contributed by atoms with Crippen molar-refractivity contribution >= 4 is 27.5 Å². The van der Waals surface area contributed by atoms with Crippen molar-refractivity contribution in [2.75, 3.05) is 25.6 Å². The summed E-state index contributed by atoms with van der Waals surface area (Å²) in [7, 11) is 0. The molecule has 1 rings (SSSR count). The summed E-state index contributed by atoms with van der Waals surface area (Å²) < 4.78 is 32.2. The standard InChI is InChI=1S/C11H13BrClF2NO/c12-9-1-2-10(14)8(11(9)15)7-16-4-6-17-5-3-13/h1-2,16H,3-7H2. The van der Waals surface area contributed by atoms with Crippen molar-refractivity contribution in [2.45, 2.75) is 6.54 Å². The van der Waals surface area contributed by atoms with Crippen molar-refractivity contribution in [1.82, 2.24) is 5.32 Å². The molecule has 0 bridgehead atoms. The number of halogens is 4. The van der Waals surface area contributed by atoms with Gasteiger partial charge >= 0.3 is 0 Å². The van der Waals surface area contributed by atoms with Crippen LogP contribution in [0, 0.1) is 11.6 Å². The third-order valence-corrected chi connectivity index (χ3v) is 2.85. The summed E-state index contributed by atoms with van der Waals surface area (Å²) in [4.78, 5) is 0. The van der Waals surface area contributed by atoms with Gasteiger partial charge < -0.3 is 10.1 Å². The minimum absolute atomic E-state index is 0.0247. The molecule has 0 aliphatic heterocycles. The van der Waals surface area contributed by atoms with Gasteiger partial charge in [0.25, 0.3) is 0 Å². The van der Waals surface area contributed by atoms with E-state index in [-0.39, 0.29) is 16.6 Å². The van der Waals surface area contributed by atoms with Crippen LogP contribution in [0.4, 0.5) is 8.78 Å². The molecule has 0 unspecified atom stereocenters. The molecule has 1 N–H and O–H groups in total. The van der Waals surface area contributed by atoms with Crippen LogP contribution < -0.4 is 5.32 Å². The average molecular weight is 329 g/mol. The van der Waals surface area contributed by atoms with Gasteiger partial charge in [0.05, 0.1) is 17.7 Å². The maximum Gasteiger partial charge on any atom is 0.144 e. The monoisotopic (exact) mass is 327 g/mol. The Kier molecular flexibility index (Phi) is 6.96. The van der Waals surface area contributed by atoms with Gasteiger partial charge in [-0.25, -0.2) is 8.78 Å². The topological polar surface area (TPSA) is 21.3 Å². The minimum Gasteiger partial charge on any atom is -0.379 e. The van der Waals surface area contributed by atoms with E-state index in [4.69, 9.17) is 16.3 Å². The minimum atomic E-state index is -0.570. The first-order valence-electron chi connectivity index (χ1n) is 5.13. The predicted molar refractivity (Wildman–Crippen MR) is 67.3 cm³/mol. The molecule has 0 radical (unpaired) electrons. The molecule has 0 spiro atoms. The van der Waals surface area contributed by atoms with Crippen LogP contribution in [0.3, 0.4) is 0 Å². The highest BCUT2D eigenvalue weighted by atomic mass is 79.9. The number of ether oxygens (including phenoxy) is 1. The first-order valence-corrected chi connectivity index (χ1v) is 6.46. The molecule has 6 heteroatoms. The Morgan fingerprint density at radius 2 is 2.06 bits per heavy atom. The Balaban J connectivity index is 2.39. The summed E-state index contributed by atoms with van der Waals surface area (Å²) in [6, 6.07) is 2.58. The Morgan fingerprint density at radius 3 is 2.76 bits per heavy atom. The lowest BCUT2D eigenvalue weighted by molar-refractivity contribution is 0.150. The van der Waals surface area contributed by atoms with Crippen molar-refractivity contribution in [1.29, 1.82) is 0 Å². The Hall–Kier alpha value is -0.230. The number of rotatable bonds is 7. The average Bonchev–Trinajstić information content (AvgIpc) is 2.32. The fourth-order valence-corrected chi connectivity index (χ4v) is 1.73. The zero-order chi connectivity index (χ0) is 12.7. The molecule has 17 heavy (non-hydrogen) atoms. The summed E-state index contributed by atoms with van der Waals surface area (Å²) in [6.45, 7) is 1.58. The molecule has 0 saturated heterocycles. The van der Waals surface area contributed by atoms with Gasteiger partial charge in [-0.1, -0.05) is 0 Å². The third kappa shape index (κ3) is 4.87. The van der Waals surface area contributed by atoms with Crippen LogP contribution in [0.15, 0.2) is 16.6 Å². The lowest BCUT2D eigenvalue weighted by atomic mass is 10.2. The normalized spacial score (nSPS) is 10.8. The van der Waals surface area contributed by atoms with Crippen molar-refractivity contribution in [2.24, 2.45) is 0 Å². The molecule has 0 fully saturated rings. The van der Waals surface area contributed by atoms with Gasteiger partial charge in [0.15, 0.2) is 0 Å². The van der Waals surface area contributed by atoms with E-state index in [1.165, 1.54) is 12.1 Å². The van der Waals surface area contributed by atoms with Gasteiger partial charge in [0, 0.05) is 24.5 Å². The number of hydrogen-bond acceptors (Lipinski definition) is 2. The van der Waals surface area contributed by atoms with E-state index in [0.29, 0.717) is 25.6 Å². The highest BCUT2D eigenvalue weighted by Crippen LogP contribution is 2.21. The largest absolute Gasteiger partial charge is 0.379 e. The van der Waals surface area contributed by atoms with E-state index in [2.05, 4.69) is 21.2 Å². The molecule has 0 amide bonds. The van der Waals surface area contributed by atoms with Crippen LogP contribution >= 0.6 is 27.5 Å². The second-order valence-electron chi connectivity index (χ2n) is 3.30. The molecule has 96 valence electrons. The van der Waals surface area contributed by atoms with Gasteiger partial charge in [0.1, 0.15) is 11.6 Å². The van der Waals surface area contributed by atoms with Crippen molar-refractivity contribution in [3.05, 3.63) is 33.8 Å². The Labute approximate surface area is 112 Å². The van der Waals surface area contributed by atoms with E-state index in [1.807, 2.05) is 0 Å². The summed E-state index contributed by atoms with van der Waals surface area (Å²) in [5, 5.41) is 2.90. The SMILES string of the molecule is Fc1ccc(Br)c(F)c1CNCCOCCCl. The van der Waals surface area contributed by atoms with Crippen LogP contribution in [0.25, 0.3) is 0 Å². The third-order valence-electron chi connectivity index (χ3n) is 2.09. The molecular weight excluding hydrogens is 315 g/mol. The van der Waals surface area contributed by atoms with E-state index in [0.717, 1.165) is 0 Å². The van der Waals surface area contributed by atoms with Gasteiger partial charge in [-0.3, -0.25) is 0 Å². The Bertz CT molecular complexity index is 366. The molecule has 2 nitrogen and oxygen atoms in total. The zero-order valence-corrected chi connectivity index (χ0v) is 11.5. The van der Waals surface area contributed by atoms with Crippen LogP contribution in [-0.4, -0.2) is 25.6 Å². The second-order valence-corrected chi connectivity index (χ2v) is 4.53. The molecule has 0 heterocycles. The summed E-state index contributed by atoms with van der Waals surface area (Å²) >= 11 is 8.43. The molecule has 0 aliphatic carbocycles. The predicted octanol–water partition coefficient (Wildman–Crippen LogP) is 3.07. The quantitative estimate of drug-likeness (QED) is 0.472. The fraction of sp³-hybridized carbons (Fsp3) is 0.455. The molecule has 0 atom stereocenters. The van der Waals surface area contributed by atoms with Gasteiger partial charge in [-0.05, 0) is 28.1 Å². The smallest absolute Gasteiger partial charge is 0.144 e. The van der Waals surface area contributed by atoms with Crippen LogP contribution in [0.5, 0.6) is 0 Å². The van der Waals surface area contributed by atoms with Gasteiger partial charge in [-0.15, -0.1) is 11.6 Å². The van der Waals surface area contributed by atoms with E-state index >= 15 is 0 Å². The summed E-state index contributed by atoms with van der Waals surface area (Å²) in [6.07, 6.45) is 0. The summed E-state index contributed by atoms with van der Waals surface area (Å²) in [5.74, 6) is -0.687. The van der Waals surface area contributed by atoms with Crippen LogP contribution in [0.2, 0.25) is 0 Å². The fourth-order valence-electron chi connectivity index (χ4n) is 1.25. The van der Waals surface area contributed by atoms with Crippen LogP contribution in [0.1, 0.15) is 5.56 Å². The maximum atomic E-state index is 13.5. The number of benzene rings is 1. The lowest BCUT2D eigenvalue weighted by Crippen LogP contribution is -2.21. The molecule has 0 aromatic heterocycles.